The first-order valence-corrected chi connectivity index (χ1v) is 6.67. The summed E-state index contributed by atoms with van der Waals surface area (Å²) in [5.74, 6) is -0.838. The number of amides is 1. The van der Waals surface area contributed by atoms with E-state index in [1.54, 1.807) is 19.2 Å². The van der Waals surface area contributed by atoms with Crippen molar-refractivity contribution in [2.75, 3.05) is 5.32 Å². The summed E-state index contributed by atoms with van der Waals surface area (Å²) >= 11 is 0. The second-order valence-electron chi connectivity index (χ2n) is 4.82. The van der Waals surface area contributed by atoms with E-state index in [0.29, 0.717) is 11.3 Å². The minimum Gasteiger partial charge on any atom is -0.321 e. The molecule has 22 heavy (non-hydrogen) atoms. The van der Waals surface area contributed by atoms with Gasteiger partial charge in [-0.15, -0.1) is 0 Å². The van der Waals surface area contributed by atoms with Crippen LogP contribution in [-0.2, 0) is 0 Å². The van der Waals surface area contributed by atoms with Crippen LogP contribution in [0.1, 0.15) is 16.1 Å². The molecule has 0 aliphatic rings. The lowest BCUT2D eigenvalue weighted by atomic mass is 10.1. The molecule has 0 saturated heterocycles. The molecule has 5 nitrogen and oxygen atoms in total. The molecule has 1 amide bonds. The number of carbonyl (C=O) groups is 1. The van der Waals surface area contributed by atoms with Crippen LogP contribution in [0.25, 0.3) is 11.3 Å². The molecule has 3 aromatic rings. The van der Waals surface area contributed by atoms with Crippen LogP contribution in [0.15, 0.2) is 48.8 Å². The van der Waals surface area contributed by atoms with Gasteiger partial charge in [0.25, 0.3) is 5.91 Å². The quantitative estimate of drug-likeness (QED) is 0.780. The maximum atomic E-state index is 13.0. The second kappa shape index (κ2) is 5.77. The fraction of sp³-hybridized carbons (Fsp3) is 0.0625. The average molecular weight is 296 g/mol. The van der Waals surface area contributed by atoms with Crippen LogP contribution in [0.3, 0.4) is 0 Å². The number of rotatable bonds is 3. The Hall–Kier alpha value is -3.02. The van der Waals surface area contributed by atoms with Crippen molar-refractivity contribution in [1.82, 2.24) is 15.2 Å². The summed E-state index contributed by atoms with van der Waals surface area (Å²) < 4.78 is 13.0. The van der Waals surface area contributed by atoms with E-state index in [4.69, 9.17) is 0 Å². The topological polar surface area (TPSA) is 70.7 Å². The van der Waals surface area contributed by atoms with E-state index in [1.165, 1.54) is 6.07 Å². The summed E-state index contributed by atoms with van der Waals surface area (Å²) in [5.41, 5.74) is 3.07. The molecule has 2 N–H and O–H groups in total. The van der Waals surface area contributed by atoms with Crippen LogP contribution in [0.5, 0.6) is 0 Å². The summed E-state index contributed by atoms with van der Waals surface area (Å²) in [4.78, 5) is 16.1. The van der Waals surface area contributed by atoms with Gasteiger partial charge in [0, 0.05) is 17.4 Å². The number of aromatic nitrogens is 3. The predicted molar refractivity (Wildman–Crippen MR) is 80.9 cm³/mol. The smallest absolute Gasteiger partial charge is 0.274 e. The predicted octanol–water partition coefficient (Wildman–Crippen LogP) is 3.17. The van der Waals surface area contributed by atoms with E-state index < -0.39 is 5.82 Å². The van der Waals surface area contributed by atoms with E-state index in [9.17, 15) is 9.18 Å². The molecular weight excluding hydrogens is 283 g/mol. The lowest BCUT2D eigenvalue weighted by Crippen LogP contribution is -2.15. The van der Waals surface area contributed by atoms with Crippen LogP contribution in [0, 0.1) is 12.7 Å². The zero-order valence-electron chi connectivity index (χ0n) is 11.8. The number of hydrogen-bond acceptors (Lipinski definition) is 3. The number of aryl methyl sites for hydroxylation is 1. The molecule has 0 aliphatic heterocycles. The largest absolute Gasteiger partial charge is 0.321 e. The third-order valence-electron chi connectivity index (χ3n) is 3.19. The minimum absolute atomic E-state index is 0.202. The molecule has 6 heteroatoms. The van der Waals surface area contributed by atoms with Crippen LogP contribution in [0.2, 0.25) is 0 Å². The summed E-state index contributed by atoms with van der Waals surface area (Å²) in [6.07, 6.45) is 2.69. The fourth-order valence-corrected chi connectivity index (χ4v) is 2.15. The first-order chi connectivity index (χ1) is 10.6. The highest BCUT2D eigenvalue weighted by atomic mass is 19.1. The van der Waals surface area contributed by atoms with Gasteiger partial charge in [0.1, 0.15) is 11.5 Å². The summed E-state index contributed by atoms with van der Waals surface area (Å²) in [6.45, 7) is 1.64. The summed E-state index contributed by atoms with van der Waals surface area (Å²) in [6, 6.07) is 10.5. The summed E-state index contributed by atoms with van der Waals surface area (Å²) in [5, 5.41) is 9.53. The number of nitrogens with one attached hydrogen (secondary N) is 2. The molecule has 0 atom stereocenters. The molecule has 0 aliphatic carbocycles. The second-order valence-corrected chi connectivity index (χ2v) is 4.82. The van der Waals surface area contributed by atoms with Crippen molar-refractivity contribution in [3.05, 3.63) is 65.9 Å². The molecule has 0 unspecified atom stereocenters. The molecule has 0 bridgehead atoms. The van der Waals surface area contributed by atoms with Crippen molar-refractivity contribution in [2.45, 2.75) is 6.92 Å². The number of halogens is 1. The SMILES string of the molecule is Cc1cc(F)cnc1C(=O)Nc1cccc(-c2ccn[nH]2)c1. The third-order valence-corrected chi connectivity index (χ3v) is 3.19. The Labute approximate surface area is 126 Å². The van der Waals surface area contributed by atoms with E-state index in [1.807, 2.05) is 24.3 Å². The highest BCUT2D eigenvalue weighted by Crippen LogP contribution is 2.21. The lowest BCUT2D eigenvalue weighted by Gasteiger charge is -2.08. The Kier molecular flexibility index (Phi) is 3.65. The molecule has 2 aromatic heterocycles. The molecule has 0 saturated carbocycles. The fourth-order valence-electron chi connectivity index (χ4n) is 2.15. The van der Waals surface area contributed by atoms with Gasteiger partial charge in [0.2, 0.25) is 0 Å². The van der Waals surface area contributed by atoms with Gasteiger partial charge in [-0.25, -0.2) is 9.37 Å². The van der Waals surface area contributed by atoms with Gasteiger partial charge in [-0.2, -0.15) is 5.10 Å². The van der Waals surface area contributed by atoms with Gasteiger partial charge in [0.15, 0.2) is 0 Å². The molecule has 0 spiro atoms. The number of nitrogens with zero attached hydrogens (tertiary/aromatic N) is 2. The Morgan fingerprint density at radius 1 is 1.27 bits per heavy atom. The Balaban J connectivity index is 1.84. The van der Waals surface area contributed by atoms with Gasteiger partial charge in [-0.3, -0.25) is 9.89 Å². The first-order valence-electron chi connectivity index (χ1n) is 6.67. The highest BCUT2D eigenvalue weighted by molar-refractivity contribution is 6.04. The van der Waals surface area contributed by atoms with E-state index in [-0.39, 0.29) is 11.6 Å². The standard InChI is InChI=1S/C16H13FN4O/c1-10-7-12(17)9-18-15(10)16(22)20-13-4-2-3-11(8-13)14-5-6-19-21-14/h2-9H,1H3,(H,19,21)(H,20,22). The summed E-state index contributed by atoms with van der Waals surface area (Å²) in [7, 11) is 0. The normalized spacial score (nSPS) is 10.5. The molecular formula is C16H13FN4O. The first kappa shape index (κ1) is 13.9. The van der Waals surface area contributed by atoms with Gasteiger partial charge in [-0.1, -0.05) is 12.1 Å². The van der Waals surface area contributed by atoms with Crippen molar-refractivity contribution in [2.24, 2.45) is 0 Å². The van der Waals surface area contributed by atoms with Crippen LogP contribution < -0.4 is 5.32 Å². The zero-order chi connectivity index (χ0) is 15.5. The van der Waals surface area contributed by atoms with Crippen molar-refractivity contribution < 1.29 is 9.18 Å². The number of H-pyrrole nitrogens is 1. The zero-order valence-corrected chi connectivity index (χ0v) is 11.8. The van der Waals surface area contributed by atoms with Crippen molar-refractivity contribution in [3.63, 3.8) is 0 Å². The maximum Gasteiger partial charge on any atom is 0.274 e. The molecule has 0 fully saturated rings. The van der Waals surface area contributed by atoms with Crippen LogP contribution in [0.4, 0.5) is 10.1 Å². The van der Waals surface area contributed by atoms with E-state index >= 15 is 0 Å². The van der Waals surface area contributed by atoms with Gasteiger partial charge < -0.3 is 5.32 Å². The molecule has 3 rings (SSSR count). The Morgan fingerprint density at radius 3 is 2.86 bits per heavy atom. The van der Waals surface area contributed by atoms with Crippen molar-refractivity contribution >= 4 is 11.6 Å². The lowest BCUT2D eigenvalue weighted by molar-refractivity contribution is 0.102. The highest BCUT2D eigenvalue weighted by Gasteiger charge is 2.12. The molecule has 0 radical (unpaired) electrons. The molecule has 2 heterocycles. The number of anilines is 1. The molecule has 1 aromatic carbocycles. The Morgan fingerprint density at radius 2 is 2.14 bits per heavy atom. The monoisotopic (exact) mass is 296 g/mol. The van der Waals surface area contributed by atoms with Gasteiger partial charge in [0.05, 0.1) is 11.9 Å². The number of carbonyl (C=O) groups excluding carboxylic acids is 1. The minimum atomic E-state index is -0.463. The van der Waals surface area contributed by atoms with Crippen molar-refractivity contribution in [3.8, 4) is 11.3 Å². The molecule has 110 valence electrons. The third kappa shape index (κ3) is 2.85. The average Bonchev–Trinajstić information content (AvgIpc) is 3.01. The number of hydrogen-bond donors (Lipinski definition) is 2. The van der Waals surface area contributed by atoms with Crippen molar-refractivity contribution in [1.29, 1.82) is 0 Å². The van der Waals surface area contributed by atoms with Gasteiger partial charge in [-0.05, 0) is 36.8 Å². The Bertz CT molecular complexity index is 815. The van der Waals surface area contributed by atoms with Gasteiger partial charge >= 0.3 is 0 Å². The van der Waals surface area contributed by atoms with Crippen LogP contribution >= 0.6 is 0 Å². The number of benzene rings is 1. The number of aromatic amines is 1. The van der Waals surface area contributed by atoms with E-state index in [2.05, 4.69) is 20.5 Å². The van der Waals surface area contributed by atoms with E-state index in [0.717, 1.165) is 17.5 Å². The maximum absolute atomic E-state index is 13.0. The number of pyridine rings is 1. The van der Waals surface area contributed by atoms with Crippen LogP contribution in [-0.4, -0.2) is 21.1 Å².